The van der Waals surface area contributed by atoms with Crippen molar-refractivity contribution in [3.63, 3.8) is 0 Å². The Morgan fingerprint density at radius 3 is 3.12 bits per heavy atom. The van der Waals surface area contributed by atoms with Crippen LogP contribution in [0.5, 0.6) is 0 Å². The molecule has 8 heteroatoms. The molecule has 0 amide bonds. The van der Waals surface area contributed by atoms with Crippen molar-refractivity contribution < 1.29 is 4.39 Å². The number of benzene rings is 1. The van der Waals surface area contributed by atoms with Crippen LogP contribution < -0.4 is 5.32 Å². The van der Waals surface area contributed by atoms with Gasteiger partial charge in [0.05, 0.1) is 11.9 Å². The first kappa shape index (κ1) is 14.9. The van der Waals surface area contributed by atoms with Crippen molar-refractivity contribution >= 4 is 0 Å². The molecule has 0 radical (unpaired) electrons. The quantitative estimate of drug-likeness (QED) is 0.789. The fraction of sp³-hybridized carbons (Fsp3) is 0.375. The minimum Gasteiger partial charge on any atom is -0.316 e. The van der Waals surface area contributed by atoms with E-state index in [1.165, 1.54) is 31.3 Å². The SMILES string of the molecule is Fc1cccc(-n2ncnc2-c2cn(CC3CCCNC3)nn2)c1. The molecule has 1 atom stereocenters. The summed E-state index contributed by atoms with van der Waals surface area (Å²) in [6.07, 6.45) is 5.69. The Kier molecular flexibility index (Phi) is 4.04. The van der Waals surface area contributed by atoms with Gasteiger partial charge in [-0.2, -0.15) is 5.10 Å². The molecule has 7 nitrogen and oxygen atoms in total. The first-order valence-electron chi connectivity index (χ1n) is 8.07. The van der Waals surface area contributed by atoms with Gasteiger partial charge < -0.3 is 5.32 Å². The molecule has 3 heterocycles. The van der Waals surface area contributed by atoms with Gasteiger partial charge in [-0.1, -0.05) is 11.3 Å². The maximum absolute atomic E-state index is 13.5. The van der Waals surface area contributed by atoms with Crippen molar-refractivity contribution in [2.75, 3.05) is 13.1 Å². The molecule has 1 saturated heterocycles. The van der Waals surface area contributed by atoms with E-state index in [9.17, 15) is 4.39 Å². The summed E-state index contributed by atoms with van der Waals surface area (Å²) >= 11 is 0. The molecule has 1 aliphatic heterocycles. The van der Waals surface area contributed by atoms with Gasteiger partial charge in [0.2, 0.25) is 0 Å². The highest BCUT2D eigenvalue weighted by molar-refractivity contribution is 5.51. The fourth-order valence-electron chi connectivity index (χ4n) is 3.05. The Hall–Kier alpha value is -2.61. The van der Waals surface area contributed by atoms with Gasteiger partial charge in [-0.15, -0.1) is 5.10 Å². The van der Waals surface area contributed by atoms with Crippen molar-refractivity contribution in [1.82, 2.24) is 35.1 Å². The largest absolute Gasteiger partial charge is 0.316 e. The van der Waals surface area contributed by atoms with E-state index >= 15 is 0 Å². The lowest BCUT2D eigenvalue weighted by Crippen LogP contribution is -2.32. The number of rotatable bonds is 4. The number of aromatic nitrogens is 6. The first-order valence-corrected chi connectivity index (χ1v) is 8.07. The summed E-state index contributed by atoms with van der Waals surface area (Å²) in [5, 5.41) is 16.0. The number of hydrogen-bond donors (Lipinski definition) is 1. The molecule has 0 bridgehead atoms. The molecular formula is C16H18FN7. The highest BCUT2D eigenvalue weighted by Gasteiger charge is 2.17. The zero-order valence-electron chi connectivity index (χ0n) is 13.1. The summed E-state index contributed by atoms with van der Waals surface area (Å²) in [5.41, 5.74) is 1.23. The molecule has 4 rings (SSSR count). The van der Waals surface area contributed by atoms with Crippen LogP contribution in [0.15, 0.2) is 36.8 Å². The third-order valence-corrected chi connectivity index (χ3v) is 4.21. The Labute approximate surface area is 138 Å². The van der Waals surface area contributed by atoms with Gasteiger partial charge in [0.1, 0.15) is 17.8 Å². The van der Waals surface area contributed by atoms with E-state index in [2.05, 4.69) is 25.7 Å². The van der Waals surface area contributed by atoms with Crippen molar-refractivity contribution in [1.29, 1.82) is 0 Å². The van der Waals surface area contributed by atoms with Crippen LogP contribution in [0.2, 0.25) is 0 Å². The minimum atomic E-state index is -0.317. The summed E-state index contributed by atoms with van der Waals surface area (Å²) in [6.45, 7) is 2.93. The van der Waals surface area contributed by atoms with Crippen LogP contribution in [0.25, 0.3) is 17.2 Å². The van der Waals surface area contributed by atoms with E-state index in [4.69, 9.17) is 0 Å². The average Bonchev–Trinajstić information content (AvgIpc) is 3.24. The van der Waals surface area contributed by atoms with Crippen LogP contribution in [0.3, 0.4) is 0 Å². The van der Waals surface area contributed by atoms with E-state index < -0.39 is 0 Å². The number of nitrogens with one attached hydrogen (secondary N) is 1. The molecule has 1 N–H and O–H groups in total. The smallest absolute Gasteiger partial charge is 0.185 e. The zero-order chi connectivity index (χ0) is 16.4. The second kappa shape index (κ2) is 6.48. The molecule has 0 aliphatic carbocycles. The summed E-state index contributed by atoms with van der Waals surface area (Å²) < 4.78 is 16.9. The highest BCUT2D eigenvalue weighted by atomic mass is 19.1. The molecule has 2 aromatic heterocycles. The molecular weight excluding hydrogens is 309 g/mol. The van der Waals surface area contributed by atoms with E-state index in [0.717, 1.165) is 19.6 Å². The Morgan fingerprint density at radius 1 is 1.33 bits per heavy atom. The zero-order valence-corrected chi connectivity index (χ0v) is 13.1. The molecule has 1 aromatic carbocycles. The van der Waals surface area contributed by atoms with Gasteiger partial charge in [0.25, 0.3) is 0 Å². The van der Waals surface area contributed by atoms with Gasteiger partial charge in [0.15, 0.2) is 5.82 Å². The monoisotopic (exact) mass is 327 g/mol. The Balaban J connectivity index is 1.58. The van der Waals surface area contributed by atoms with Crippen LogP contribution in [0.4, 0.5) is 4.39 Å². The minimum absolute atomic E-state index is 0.317. The predicted molar refractivity (Wildman–Crippen MR) is 85.9 cm³/mol. The predicted octanol–water partition coefficient (Wildman–Crippen LogP) is 1.66. The van der Waals surface area contributed by atoms with Crippen LogP contribution >= 0.6 is 0 Å². The van der Waals surface area contributed by atoms with Crippen molar-refractivity contribution in [2.24, 2.45) is 5.92 Å². The molecule has 1 unspecified atom stereocenters. The van der Waals surface area contributed by atoms with Gasteiger partial charge in [-0.25, -0.2) is 14.1 Å². The lowest BCUT2D eigenvalue weighted by atomic mass is 10.00. The van der Waals surface area contributed by atoms with Gasteiger partial charge in [-0.3, -0.25) is 4.68 Å². The van der Waals surface area contributed by atoms with Crippen molar-refractivity contribution in [3.8, 4) is 17.2 Å². The van der Waals surface area contributed by atoms with Crippen LogP contribution in [-0.4, -0.2) is 42.8 Å². The molecule has 3 aromatic rings. The second-order valence-corrected chi connectivity index (χ2v) is 6.01. The standard InChI is InChI=1S/C16H18FN7/c17-13-4-1-5-14(7-13)24-16(19-11-20-24)15-10-23(22-21-15)9-12-3-2-6-18-8-12/h1,4-5,7,10-12,18H,2-3,6,8-9H2. The van der Waals surface area contributed by atoms with Crippen molar-refractivity contribution in [3.05, 3.63) is 42.6 Å². The fourth-order valence-corrected chi connectivity index (χ4v) is 3.05. The normalized spacial score (nSPS) is 18.0. The summed E-state index contributed by atoms with van der Waals surface area (Å²) in [7, 11) is 0. The molecule has 1 fully saturated rings. The number of halogens is 1. The van der Waals surface area contributed by atoms with Crippen LogP contribution in [-0.2, 0) is 6.54 Å². The topological polar surface area (TPSA) is 73.5 Å². The van der Waals surface area contributed by atoms with E-state index in [-0.39, 0.29) is 5.82 Å². The Bertz CT molecular complexity index is 819. The lowest BCUT2D eigenvalue weighted by Gasteiger charge is -2.22. The Morgan fingerprint density at radius 2 is 2.29 bits per heavy atom. The maximum Gasteiger partial charge on any atom is 0.185 e. The molecule has 0 spiro atoms. The first-order chi connectivity index (χ1) is 11.8. The third kappa shape index (κ3) is 3.05. The average molecular weight is 327 g/mol. The van der Waals surface area contributed by atoms with Crippen LogP contribution in [0, 0.1) is 11.7 Å². The van der Waals surface area contributed by atoms with E-state index in [1.54, 1.807) is 16.8 Å². The maximum atomic E-state index is 13.5. The molecule has 0 saturated carbocycles. The third-order valence-electron chi connectivity index (χ3n) is 4.21. The van der Waals surface area contributed by atoms with Gasteiger partial charge in [-0.05, 0) is 50.0 Å². The summed E-state index contributed by atoms with van der Waals surface area (Å²) in [6, 6.07) is 6.23. The molecule has 1 aliphatic rings. The number of nitrogens with zero attached hydrogens (tertiary/aromatic N) is 6. The summed E-state index contributed by atoms with van der Waals surface area (Å²) in [4.78, 5) is 4.25. The van der Waals surface area contributed by atoms with E-state index in [1.807, 2.05) is 10.9 Å². The van der Waals surface area contributed by atoms with Crippen LogP contribution in [0.1, 0.15) is 12.8 Å². The number of piperidine rings is 1. The van der Waals surface area contributed by atoms with Crippen molar-refractivity contribution in [2.45, 2.75) is 19.4 Å². The molecule has 124 valence electrons. The van der Waals surface area contributed by atoms with Gasteiger partial charge in [0, 0.05) is 6.54 Å². The molecule has 24 heavy (non-hydrogen) atoms. The van der Waals surface area contributed by atoms with E-state index in [0.29, 0.717) is 23.1 Å². The lowest BCUT2D eigenvalue weighted by molar-refractivity contribution is 0.322. The van der Waals surface area contributed by atoms with Gasteiger partial charge >= 0.3 is 0 Å². The number of hydrogen-bond acceptors (Lipinski definition) is 5. The second-order valence-electron chi connectivity index (χ2n) is 6.01. The highest BCUT2D eigenvalue weighted by Crippen LogP contribution is 2.19. The summed E-state index contributed by atoms with van der Waals surface area (Å²) in [5.74, 6) is 0.797.